The molecule has 3 heteroatoms. The Kier molecular flexibility index (Phi) is 5.37. The fourth-order valence-corrected chi connectivity index (χ4v) is 0.724. The number of hydrogen-bond donors (Lipinski definition) is 3. The molecule has 0 bridgehead atoms. The molecular formula is C8H14N2O. The zero-order valence-electron chi connectivity index (χ0n) is 6.62. The van der Waals surface area contributed by atoms with Crippen molar-refractivity contribution in [3.05, 3.63) is 35.4 Å². The molecule has 1 rings (SSSR count). The molecule has 0 aliphatic carbocycles. The van der Waals surface area contributed by atoms with Crippen LogP contribution in [0.2, 0.25) is 0 Å². The predicted molar refractivity (Wildman–Crippen MR) is 45.0 cm³/mol. The first kappa shape index (κ1) is 10.1. The third-order valence-corrected chi connectivity index (χ3v) is 1.36. The van der Waals surface area contributed by atoms with E-state index in [2.05, 4.69) is 37.1 Å². The van der Waals surface area contributed by atoms with Gasteiger partial charge in [-0.1, -0.05) is 29.8 Å². The summed E-state index contributed by atoms with van der Waals surface area (Å²) in [6, 6.07) is 8.25. The SMILES string of the molecule is Cc1ccc(CN)cc1.NO. The van der Waals surface area contributed by atoms with E-state index in [1.54, 1.807) is 0 Å². The molecular weight excluding hydrogens is 140 g/mol. The highest BCUT2D eigenvalue weighted by molar-refractivity contribution is 5.20. The molecule has 0 spiro atoms. The zero-order valence-corrected chi connectivity index (χ0v) is 6.62. The molecule has 0 aromatic heterocycles. The van der Waals surface area contributed by atoms with Crippen molar-refractivity contribution >= 4 is 0 Å². The van der Waals surface area contributed by atoms with E-state index >= 15 is 0 Å². The van der Waals surface area contributed by atoms with Crippen molar-refractivity contribution in [2.45, 2.75) is 13.5 Å². The Labute approximate surface area is 66.6 Å². The molecule has 0 heterocycles. The first-order valence-corrected chi connectivity index (χ1v) is 3.34. The third-order valence-electron chi connectivity index (χ3n) is 1.36. The van der Waals surface area contributed by atoms with Crippen LogP contribution < -0.4 is 11.6 Å². The molecule has 0 aliphatic rings. The molecule has 0 atom stereocenters. The molecule has 1 aromatic carbocycles. The van der Waals surface area contributed by atoms with Crippen molar-refractivity contribution in [2.75, 3.05) is 0 Å². The number of rotatable bonds is 1. The maximum atomic E-state index is 6.50. The summed E-state index contributed by atoms with van der Waals surface area (Å²) in [4.78, 5) is 0. The topological polar surface area (TPSA) is 72.3 Å². The molecule has 5 N–H and O–H groups in total. The van der Waals surface area contributed by atoms with Crippen LogP contribution in [0.1, 0.15) is 11.1 Å². The van der Waals surface area contributed by atoms with Gasteiger partial charge in [-0.2, -0.15) is 0 Å². The Morgan fingerprint density at radius 3 is 2.00 bits per heavy atom. The van der Waals surface area contributed by atoms with Crippen LogP contribution in [-0.2, 0) is 6.54 Å². The summed E-state index contributed by atoms with van der Waals surface area (Å²) in [6.07, 6.45) is 0. The van der Waals surface area contributed by atoms with E-state index < -0.39 is 0 Å². The van der Waals surface area contributed by atoms with E-state index in [0.29, 0.717) is 6.54 Å². The summed E-state index contributed by atoms with van der Waals surface area (Å²) < 4.78 is 0. The van der Waals surface area contributed by atoms with Crippen molar-refractivity contribution in [2.24, 2.45) is 11.6 Å². The van der Waals surface area contributed by atoms with E-state index in [0.717, 1.165) is 0 Å². The second-order valence-electron chi connectivity index (χ2n) is 2.19. The van der Waals surface area contributed by atoms with Crippen LogP contribution in [0.15, 0.2) is 24.3 Å². The summed E-state index contributed by atoms with van der Waals surface area (Å²) in [6.45, 7) is 2.71. The van der Waals surface area contributed by atoms with Gasteiger partial charge in [-0.15, -0.1) is 0 Å². The quantitative estimate of drug-likeness (QED) is 0.523. The monoisotopic (exact) mass is 154 g/mol. The van der Waals surface area contributed by atoms with Gasteiger partial charge in [0, 0.05) is 6.54 Å². The Morgan fingerprint density at radius 1 is 1.18 bits per heavy atom. The molecule has 0 fully saturated rings. The van der Waals surface area contributed by atoms with E-state index in [1.165, 1.54) is 11.1 Å². The lowest BCUT2D eigenvalue weighted by molar-refractivity contribution is 0.311. The molecule has 0 radical (unpaired) electrons. The van der Waals surface area contributed by atoms with Gasteiger partial charge in [0.25, 0.3) is 0 Å². The van der Waals surface area contributed by atoms with Crippen molar-refractivity contribution in [1.29, 1.82) is 0 Å². The Bertz CT molecular complexity index is 184. The first-order chi connectivity index (χ1) is 5.33. The summed E-state index contributed by atoms with van der Waals surface area (Å²) in [7, 11) is 0. The second kappa shape index (κ2) is 5.85. The smallest absolute Gasteiger partial charge is 0.0178 e. The van der Waals surface area contributed by atoms with Crippen molar-refractivity contribution < 1.29 is 5.21 Å². The highest BCUT2D eigenvalue weighted by Gasteiger charge is 1.84. The number of nitrogens with two attached hydrogens (primary N) is 2. The number of benzene rings is 1. The zero-order chi connectivity index (χ0) is 8.69. The molecule has 3 nitrogen and oxygen atoms in total. The van der Waals surface area contributed by atoms with E-state index in [9.17, 15) is 0 Å². The average Bonchev–Trinajstić information content (AvgIpc) is 2.10. The highest BCUT2D eigenvalue weighted by Crippen LogP contribution is 2.00. The molecule has 0 saturated carbocycles. The summed E-state index contributed by atoms with van der Waals surface area (Å²) in [5, 5.41) is 6.50. The van der Waals surface area contributed by atoms with Gasteiger partial charge in [0.15, 0.2) is 0 Å². The van der Waals surface area contributed by atoms with Gasteiger partial charge in [0.05, 0.1) is 0 Å². The van der Waals surface area contributed by atoms with Crippen LogP contribution in [0.4, 0.5) is 0 Å². The fraction of sp³-hybridized carbons (Fsp3) is 0.250. The maximum absolute atomic E-state index is 6.50. The van der Waals surface area contributed by atoms with Crippen molar-refractivity contribution in [1.82, 2.24) is 0 Å². The number of hydrogen-bond acceptors (Lipinski definition) is 3. The Morgan fingerprint density at radius 2 is 1.64 bits per heavy atom. The van der Waals surface area contributed by atoms with Gasteiger partial charge in [-0.3, -0.25) is 0 Å². The van der Waals surface area contributed by atoms with Crippen LogP contribution >= 0.6 is 0 Å². The molecule has 0 aliphatic heterocycles. The van der Waals surface area contributed by atoms with Crippen LogP contribution in [0, 0.1) is 6.92 Å². The van der Waals surface area contributed by atoms with Crippen LogP contribution in [0.3, 0.4) is 0 Å². The lowest BCUT2D eigenvalue weighted by Crippen LogP contribution is -1.94. The highest BCUT2D eigenvalue weighted by atomic mass is 16.4. The Hall–Kier alpha value is -0.900. The normalized spacial score (nSPS) is 8.36. The average molecular weight is 154 g/mol. The van der Waals surface area contributed by atoms with Crippen molar-refractivity contribution in [3.8, 4) is 0 Å². The maximum Gasteiger partial charge on any atom is 0.0178 e. The van der Waals surface area contributed by atoms with Gasteiger partial charge in [0.2, 0.25) is 0 Å². The van der Waals surface area contributed by atoms with Gasteiger partial charge in [0.1, 0.15) is 0 Å². The van der Waals surface area contributed by atoms with Crippen LogP contribution in [0.5, 0.6) is 0 Å². The molecule has 0 amide bonds. The van der Waals surface area contributed by atoms with E-state index in [-0.39, 0.29) is 0 Å². The minimum Gasteiger partial charge on any atom is -0.326 e. The Balaban J connectivity index is 0.000000461. The van der Waals surface area contributed by atoms with Crippen LogP contribution in [-0.4, -0.2) is 5.21 Å². The minimum absolute atomic E-state index is 0.639. The minimum atomic E-state index is 0.639. The summed E-state index contributed by atoms with van der Waals surface area (Å²) in [5.41, 5.74) is 7.88. The number of aryl methyl sites for hydroxylation is 1. The standard InChI is InChI=1S/C8H11N.H3NO/c1-7-2-4-8(6-9)5-3-7;1-2/h2-5H,6,9H2,1H3;2H,1H2. The molecule has 0 unspecified atom stereocenters. The fourth-order valence-electron chi connectivity index (χ4n) is 0.724. The van der Waals surface area contributed by atoms with E-state index in [4.69, 9.17) is 10.9 Å². The van der Waals surface area contributed by atoms with Gasteiger partial charge >= 0.3 is 0 Å². The second-order valence-corrected chi connectivity index (χ2v) is 2.19. The summed E-state index contributed by atoms with van der Waals surface area (Å²) >= 11 is 0. The van der Waals surface area contributed by atoms with Crippen LogP contribution in [0.25, 0.3) is 0 Å². The van der Waals surface area contributed by atoms with Gasteiger partial charge in [-0.05, 0) is 12.5 Å². The predicted octanol–water partition coefficient (Wildman–Crippen LogP) is 0.788. The van der Waals surface area contributed by atoms with Gasteiger partial charge < -0.3 is 10.9 Å². The molecule has 0 saturated heterocycles. The molecule has 1 aromatic rings. The lowest BCUT2D eigenvalue weighted by atomic mass is 10.2. The summed E-state index contributed by atoms with van der Waals surface area (Å²) in [5.74, 6) is 3.50. The van der Waals surface area contributed by atoms with Crippen molar-refractivity contribution in [3.63, 3.8) is 0 Å². The molecule has 11 heavy (non-hydrogen) atoms. The first-order valence-electron chi connectivity index (χ1n) is 3.34. The van der Waals surface area contributed by atoms with Gasteiger partial charge in [-0.25, -0.2) is 5.90 Å². The van der Waals surface area contributed by atoms with E-state index in [1.807, 2.05) is 0 Å². The third kappa shape index (κ3) is 3.72. The largest absolute Gasteiger partial charge is 0.326 e. The lowest BCUT2D eigenvalue weighted by Gasteiger charge is -1.94. The molecule has 62 valence electrons.